The Kier molecular flexibility index (Phi) is 30.6. The van der Waals surface area contributed by atoms with Gasteiger partial charge >= 0.3 is 17.9 Å². The zero-order valence-corrected chi connectivity index (χ0v) is 77.7. The summed E-state index contributed by atoms with van der Waals surface area (Å²) in [5.41, 5.74) is 20.4. The Morgan fingerprint density at radius 3 is 1.75 bits per heavy atom. The Morgan fingerprint density at radius 1 is 0.601 bits per heavy atom. The van der Waals surface area contributed by atoms with Gasteiger partial charge < -0.3 is 102 Å². The van der Waals surface area contributed by atoms with Crippen LogP contribution >= 0.6 is 0 Å². The number of unbranched alkanes of at least 4 members (excludes halogenated alkanes) is 1. The van der Waals surface area contributed by atoms with E-state index in [0.717, 1.165) is 151 Å². The molecule has 10 heterocycles. The highest BCUT2D eigenvalue weighted by molar-refractivity contribution is 6.38. The number of aliphatic hydroxyl groups excluding tert-OH is 11. The molecule has 10 aliphatic heterocycles. The largest absolute Gasteiger partial charge is 0.495 e. The molecule has 39 nitrogen and oxygen atoms in total. The number of fused-ring (bicyclic) bond motifs is 8. The summed E-state index contributed by atoms with van der Waals surface area (Å²) in [6.07, 6.45) is 12.4. The first-order valence-corrected chi connectivity index (χ1v) is 46.4. The minimum Gasteiger partial charge on any atom is -0.495 e. The summed E-state index contributed by atoms with van der Waals surface area (Å²) < 4.78 is 7.17. The van der Waals surface area contributed by atoms with E-state index >= 15 is 0 Å². The second kappa shape index (κ2) is 42.6. The van der Waals surface area contributed by atoms with Crippen molar-refractivity contribution < 1.29 is 110 Å². The molecule has 0 radical (unpaired) electrons. The Hall–Kier alpha value is -14.8. The number of carboxylic acid groups (broad SMARTS) is 3. The molecule has 8 atom stereocenters. The summed E-state index contributed by atoms with van der Waals surface area (Å²) in [6.45, 7) is 17.1. The second-order valence-corrected chi connectivity index (χ2v) is 36.0. The van der Waals surface area contributed by atoms with Crippen LogP contribution < -0.4 is 35.6 Å². The van der Waals surface area contributed by atoms with Crippen LogP contribution in [0.25, 0.3) is 11.5 Å². The van der Waals surface area contributed by atoms with Crippen LogP contribution in [0.4, 0.5) is 11.4 Å². The van der Waals surface area contributed by atoms with E-state index in [0.29, 0.717) is 62.6 Å². The highest BCUT2D eigenvalue weighted by Crippen LogP contribution is 2.55. The molecule has 8 bridgehead atoms. The fraction of sp³-hybridized carbons (Fsp3) is 0.444. The Morgan fingerprint density at radius 2 is 1.17 bits per heavy atom. The number of aliphatic hydroxyl groups is 12. The van der Waals surface area contributed by atoms with Gasteiger partial charge in [-0.3, -0.25) is 39.2 Å². The number of nitrogens with zero attached hydrogens (tertiary/aromatic N) is 14. The summed E-state index contributed by atoms with van der Waals surface area (Å²) in [4.78, 5) is 134. The fourth-order valence-corrected chi connectivity index (χ4v) is 19.5. The molecule has 1 fully saturated rings. The number of ketones is 1. The van der Waals surface area contributed by atoms with Gasteiger partial charge in [-0.2, -0.15) is 0 Å². The molecule has 0 aromatic heterocycles. The van der Waals surface area contributed by atoms with Crippen LogP contribution in [0.15, 0.2) is 183 Å². The van der Waals surface area contributed by atoms with Crippen molar-refractivity contribution in [3.05, 3.63) is 172 Å². The number of aliphatic imine (C=N–C) groups is 12. The van der Waals surface area contributed by atoms with E-state index in [2.05, 4.69) is 79.1 Å². The lowest BCUT2D eigenvalue weighted by Gasteiger charge is -2.41. The van der Waals surface area contributed by atoms with E-state index in [-0.39, 0.29) is 67.6 Å². The fourth-order valence-electron chi connectivity index (χ4n) is 19.5. The lowest BCUT2D eigenvalue weighted by atomic mass is 9.80. The van der Waals surface area contributed by atoms with Crippen molar-refractivity contribution in [2.45, 2.75) is 207 Å². The molecular formula is C99H115N17O22. The van der Waals surface area contributed by atoms with Crippen LogP contribution in [0.2, 0.25) is 0 Å². The van der Waals surface area contributed by atoms with Crippen molar-refractivity contribution in [3.8, 4) is 11.5 Å². The van der Waals surface area contributed by atoms with Crippen LogP contribution in [-0.2, 0) is 49.7 Å². The van der Waals surface area contributed by atoms with Gasteiger partial charge in [-0.1, -0.05) is 46.4 Å². The standard InChI is InChI=1S/C99H115N17O22/c1-9-54-47(5)66-37-68-49(7)56(86(110-68)63-36-75(118)83-50(8)69(111-87(63)83)39-71-55(10-2)48(6)67(106-71)38-70(54)105-66)24-26-76(119)102-42-77(120)108-73(41-82(127)128)97(134)112-65(25-27-80(123)124)96(133)114-85(46(3)4)98(135)113-72(40-81(125)126)94(131)103-44-79(122)109-74(45-117)95(132)104-43-78(121)107-64(92(100)129)21-11-12-28-101-93(130)53-22-23-57(60(35-53)99(136)137)84-61-33-51-17-13-29-115-31-15-19-58(88(51)115)90(61)138-91-59-20-16-32-116-30-14-18-52(89(59)116)34-62(84)91/h9,22-23,33-35,37-39,46,49,56,64-65,72-74,85,117,136-137H,1,10-21,24-32,36,40-45H2,2-8H3,(H2,100,129)(H,101,130)(H,102,119)(H,103,131)(H,104,132)(H,107,121)(H,108,120)(H,109,122)(H,112,134)(H,113,135)(H,114,133)(H,123,124)(H,125,126)(H,127,128)/t49?,56?,64?,65-,72-,73-,74-,85-/m0/s1. The molecule has 14 rings (SSSR count). The van der Waals surface area contributed by atoms with Crippen molar-refractivity contribution in [3.63, 3.8) is 0 Å². The van der Waals surface area contributed by atoms with Crippen molar-refractivity contribution in [1.29, 1.82) is 5.41 Å². The zero-order valence-electron chi connectivity index (χ0n) is 77.7. The number of hydrogen-bond acceptors (Lipinski definition) is 25. The predicted octanol–water partition coefficient (Wildman–Crippen LogP) is 10.8. The molecule has 39 heteroatoms. The number of amides is 2. The van der Waals surface area contributed by atoms with Crippen molar-refractivity contribution in [2.75, 3.05) is 68.8 Å². The lowest BCUT2D eigenvalue weighted by molar-refractivity contribution is -0.138. The Labute approximate surface area is 793 Å². The summed E-state index contributed by atoms with van der Waals surface area (Å²) in [5, 5.41) is 175. The molecule has 3 aromatic carbocycles. The van der Waals surface area contributed by atoms with Gasteiger partial charge in [0.05, 0.1) is 71.1 Å². The molecule has 11 aliphatic rings. The Bertz CT molecular complexity index is 6290. The van der Waals surface area contributed by atoms with Crippen LogP contribution in [0, 0.1) is 23.2 Å². The smallest absolute Gasteiger partial charge is 0.306 e. The van der Waals surface area contributed by atoms with Gasteiger partial charge in [0.25, 0.3) is 11.9 Å². The lowest BCUT2D eigenvalue weighted by Crippen LogP contribution is -2.37. The van der Waals surface area contributed by atoms with Crippen LogP contribution in [0.5, 0.6) is 11.5 Å². The minimum atomic E-state index is -1.98. The van der Waals surface area contributed by atoms with Gasteiger partial charge in [0, 0.05) is 131 Å². The van der Waals surface area contributed by atoms with Crippen molar-refractivity contribution in [1.82, 2.24) is 10.6 Å². The maximum absolute atomic E-state index is 14.0. The average molecular weight is 1900 g/mol. The van der Waals surface area contributed by atoms with E-state index in [1.165, 1.54) is 42.4 Å². The molecule has 2 amide bonds. The van der Waals surface area contributed by atoms with Crippen molar-refractivity contribution >= 4 is 134 Å². The molecule has 18 N–H and O–H groups in total. The molecule has 0 spiro atoms. The monoisotopic (exact) mass is 1890 g/mol. The molecule has 1 saturated carbocycles. The molecule has 3 unspecified atom stereocenters. The minimum absolute atomic E-state index is 0.0147. The first-order valence-electron chi connectivity index (χ1n) is 46.4. The number of anilines is 2. The van der Waals surface area contributed by atoms with E-state index in [4.69, 9.17) is 30.1 Å². The number of hydrogen-bond donors (Lipinski definition) is 18. The first-order chi connectivity index (χ1) is 65.9. The number of aryl methyl sites for hydroxylation is 2. The zero-order chi connectivity index (χ0) is 99.1. The summed E-state index contributed by atoms with van der Waals surface area (Å²) in [5.74, 6) is -16.1. The van der Waals surface area contributed by atoms with Crippen LogP contribution in [0.3, 0.4) is 0 Å². The SMILES string of the molecule is C=CC1=C(C)C2=CC3=NC(=C4CC(=O)C5=C(C)C(=CC6=NC(=CC1=N2)C(C)=C6CC)N=C45)C(CCC(=O)NCC(O)=N[C@@H](CC(=O)O)C(O)=N[C@@H](CCC(=O)O)C(O)=N[C@H](C(O)=N[C@@H](CC(=O)O)C(O)=NCC(O)=N[C@@H](CO)C(O)=NCC(O)=NC(CCCCNC(=O)c1ccc(=C2c4cc5c6c(c4Oc4c2cc2c7c4CCCN7CCC2)CCCN6CCC5)c(=C(O)O)c1)C(=N)O)C(C)C)C3C. The molecule has 728 valence electrons. The molecule has 0 saturated heterocycles. The van der Waals surface area contributed by atoms with E-state index in [1.807, 2.05) is 52.8 Å². The third kappa shape index (κ3) is 21.5. The number of carbonyl (C=O) groups is 6. The van der Waals surface area contributed by atoms with Gasteiger partial charge in [0.2, 0.25) is 59.0 Å². The normalized spacial score (nSPS) is 20.1. The highest BCUT2D eigenvalue weighted by Gasteiger charge is 2.45. The van der Waals surface area contributed by atoms with Gasteiger partial charge in [-0.25, -0.2) is 54.9 Å². The number of ether oxygens (including phenoxy) is 1. The van der Waals surface area contributed by atoms with Gasteiger partial charge in [0.1, 0.15) is 54.8 Å². The number of benzene rings is 3. The number of aliphatic carboxylic acids is 3. The van der Waals surface area contributed by atoms with Crippen LogP contribution in [-0.4, -0.2) is 283 Å². The summed E-state index contributed by atoms with van der Waals surface area (Å²) in [7, 11) is 0. The van der Waals surface area contributed by atoms with E-state index < -0.39 is 189 Å². The molecule has 138 heavy (non-hydrogen) atoms. The third-order valence-electron chi connectivity index (χ3n) is 26.5. The molecule has 1 aliphatic carbocycles. The van der Waals surface area contributed by atoms with Crippen molar-refractivity contribution in [2.24, 2.45) is 77.7 Å². The maximum Gasteiger partial charge on any atom is 0.306 e. The number of nitrogens with one attached hydrogen (secondary N) is 3. The summed E-state index contributed by atoms with van der Waals surface area (Å²) >= 11 is 0. The number of carbonyl (C=O) groups excluding carboxylic acids is 3. The van der Waals surface area contributed by atoms with Crippen LogP contribution in [0.1, 0.15) is 189 Å². The Balaban J connectivity index is 0.592. The average Bonchev–Trinajstić information content (AvgIpc) is 0.930. The van der Waals surface area contributed by atoms with Gasteiger partial charge in [-0.05, 0) is 198 Å². The summed E-state index contributed by atoms with van der Waals surface area (Å²) in [6, 6.07) is -1.33. The second-order valence-electron chi connectivity index (χ2n) is 36.0. The number of allylic oxidation sites excluding steroid dienone is 12. The quantitative estimate of drug-likeness (QED) is 0.0113. The van der Waals surface area contributed by atoms with Gasteiger partial charge in [-0.15, -0.1) is 0 Å². The number of carboxylic acids is 3. The van der Waals surface area contributed by atoms with E-state index in [9.17, 15) is 105 Å². The maximum atomic E-state index is 14.0. The molecule has 3 aromatic rings. The predicted molar refractivity (Wildman–Crippen MR) is 524 cm³/mol. The number of rotatable bonds is 38. The number of Topliss-reactive ketones (excluding diaryl/α,β-unsaturated/α-hetero) is 1. The molecular weight excluding hydrogens is 1780 g/mol. The van der Waals surface area contributed by atoms with Gasteiger partial charge in [0.15, 0.2) is 11.8 Å². The topological polar surface area (TPSA) is 618 Å². The highest BCUT2D eigenvalue weighted by atomic mass is 16.5. The van der Waals surface area contributed by atoms with E-state index in [1.54, 1.807) is 18.2 Å². The third-order valence-corrected chi connectivity index (χ3v) is 26.5. The first kappa shape index (κ1) is 99.2.